The molecule has 0 atom stereocenters. The summed E-state index contributed by atoms with van der Waals surface area (Å²) >= 11 is 5.49. The fourth-order valence-electron chi connectivity index (χ4n) is 2.40. The Morgan fingerprint density at radius 2 is 2.24 bits per heavy atom. The molecule has 0 bridgehead atoms. The third-order valence-corrected chi connectivity index (χ3v) is 4.03. The van der Waals surface area contributed by atoms with E-state index in [4.69, 9.17) is 21.7 Å². The van der Waals surface area contributed by atoms with Crippen molar-refractivity contribution in [1.82, 2.24) is 4.57 Å². The first-order chi connectivity index (χ1) is 9.91. The number of nitriles is 1. The van der Waals surface area contributed by atoms with Gasteiger partial charge in [0, 0.05) is 19.0 Å². The van der Waals surface area contributed by atoms with Crippen molar-refractivity contribution in [1.29, 1.82) is 5.26 Å². The molecule has 0 amide bonds. The Bertz CT molecular complexity index is 684. The molecule has 1 aromatic rings. The second kappa shape index (κ2) is 5.96. The SMILES string of the molecule is CCO/C=N/c1c(C#N)c2c(c(=S)n1C)COC(C)(C)C2. The predicted octanol–water partition coefficient (Wildman–Crippen LogP) is 3.17. The van der Waals surface area contributed by atoms with E-state index >= 15 is 0 Å². The minimum absolute atomic E-state index is 0.304. The van der Waals surface area contributed by atoms with Gasteiger partial charge in [0.05, 0.1) is 24.4 Å². The number of aromatic nitrogens is 1. The molecule has 6 heteroatoms. The molecule has 2 heterocycles. The Labute approximate surface area is 129 Å². The van der Waals surface area contributed by atoms with Gasteiger partial charge in [-0.1, -0.05) is 12.2 Å². The highest BCUT2D eigenvalue weighted by molar-refractivity contribution is 7.71. The second-order valence-electron chi connectivity index (χ2n) is 5.55. The summed E-state index contributed by atoms with van der Waals surface area (Å²) in [5.74, 6) is 0.535. The van der Waals surface area contributed by atoms with Gasteiger partial charge in [-0.15, -0.1) is 0 Å². The van der Waals surface area contributed by atoms with E-state index in [9.17, 15) is 5.26 Å². The van der Waals surface area contributed by atoms with Crippen LogP contribution in [0.15, 0.2) is 4.99 Å². The summed E-state index contributed by atoms with van der Waals surface area (Å²) in [4.78, 5) is 4.27. The van der Waals surface area contributed by atoms with Crippen LogP contribution in [0.3, 0.4) is 0 Å². The zero-order valence-corrected chi connectivity index (χ0v) is 13.6. The van der Waals surface area contributed by atoms with Gasteiger partial charge in [0.1, 0.15) is 10.7 Å². The summed E-state index contributed by atoms with van der Waals surface area (Å²) in [6.07, 6.45) is 2.01. The Morgan fingerprint density at radius 1 is 1.52 bits per heavy atom. The van der Waals surface area contributed by atoms with Gasteiger partial charge in [-0.25, -0.2) is 4.99 Å². The molecule has 0 aromatic carbocycles. The molecule has 1 aliphatic rings. The van der Waals surface area contributed by atoms with Crippen LogP contribution in [0.2, 0.25) is 0 Å². The van der Waals surface area contributed by atoms with E-state index in [1.807, 2.05) is 27.8 Å². The van der Waals surface area contributed by atoms with Crippen molar-refractivity contribution in [3.8, 4) is 6.07 Å². The van der Waals surface area contributed by atoms with Crippen molar-refractivity contribution in [3.05, 3.63) is 21.3 Å². The zero-order valence-electron chi connectivity index (χ0n) is 12.8. The number of hydrogen-bond donors (Lipinski definition) is 0. The lowest BCUT2D eigenvalue weighted by Gasteiger charge is -2.33. The molecule has 0 aliphatic carbocycles. The lowest BCUT2D eigenvalue weighted by Crippen LogP contribution is -2.33. The predicted molar refractivity (Wildman–Crippen MR) is 83.3 cm³/mol. The fraction of sp³-hybridized carbons (Fsp3) is 0.533. The average Bonchev–Trinajstić information content (AvgIpc) is 2.43. The van der Waals surface area contributed by atoms with E-state index in [1.165, 1.54) is 6.40 Å². The van der Waals surface area contributed by atoms with Crippen LogP contribution >= 0.6 is 12.2 Å². The molecule has 0 N–H and O–H groups in total. The van der Waals surface area contributed by atoms with E-state index < -0.39 is 0 Å². The van der Waals surface area contributed by atoms with Crippen molar-refractivity contribution in [2.75, 3.05) is 6.61 Å². The van der Waals surface area contributed by atoms with Crippen LogP contribution < -0.4 is 0 Å². The summed E-state index contributed by atoms with van der Waals surface area (Å²) in [7, 11) is 1.81. The lowest BCUT2D eigenvalue weighted by molar-refractivity contribution is -0.0406. The molecule has 0 fully saturated rings. The van der Waals surface area contributed by atoms with Gasteiger partial charge in [-0.05, 0) is 26.3 Å². The van der Waals surface area contributed by atoms with Gasteiger partial charge in [0.2, 0.25) is 0 Å². The summed E-state index contributed by atoms with van der Waals surface area (Å²) in [6.45, 7) is 6.86. The number of pyridine rings is 1. The van der Waals surface area contributed by atoms with Crippen LogP contribution in [0.5, 0.6) is 0 Å². The summed E-state index contributed by atoms with van der Waals surface area (Å²) < 4.78 is 13.4. The van der Waals surface area contributed by atoms with Crippen LogP contribution in [0.1, 0.15) is 37.5 Å². The van der Waals surface area contributed by atoms with E-state index in [0.717, 1.165) is 11.1 Å². The molecule has 0 saturated carbocycles. The highest BCUT2D eigenvalue weighted by Crippen LogP contribution is 2.34. The topological polar surface area (TPSA) is 59.5 Å². The maximum atomic E-state index is 9.56. The normalized spacial score (nSPS) is 16.5. The standard InChI is InChI=1S/C15H19N3O2S/c1-5-19-9-17-13-11(7-16)10-6-15(2,3)20-8-12(10)14(21)18(13)4/h9H,5-6,8H2,1-4H3/b17-9+. The molecule has 2 rings (SSSR count). The monoisotopic (exact) mass is 305 g/mol. The minimum atomic E-state index is -0.304. The fourth-order valence-corrected chi connectivity index (χ4v) is 2.67. The zero-order chi connectivity index (χ0) is 15.6. The highest BCUT2D eigenvalue weighted by atomic mass is 32.1. The molecule has 0 radical (unpaired) electrons. The Balaban J connectivity index is 2.66. The van der Waals surface area contributed by atoms with Crippen LogP contribution in [0, 0.1) is 16.0 Å². The highest BCUT2D eigenvalue weighted by Gasteiger charge is 2.30. The number of fused-ring (bicyclic) bond motifs is 1. The molecule has 0 spiro atoms. The minimum Gasteiger partial charge on any atom is -0.483 e. The molecule has 5 nitrogen and oxygen atoms in total. The Morgan fingerprint density at radius 3 is 2.86 bits per heavy atom. The second-order valence-corrected chi connectivity index (χ2v) is 5.93. The molecule has 0 saturated heterocycles. The Kier molecular flexibility index (Phi) is 4.45. The molecular weight excluding hydrogens is 286 g/mol. The van der Waals surface area contributed by atoms with Crippen molar-refractivity contribution in [3.63, 3.8) is 0 Å². The number of rotatable bonds is 3. The largest absolute Gasteiger partial charge is 0.483 e. The summed E-state index contributed by atoms with van der Waals surface area (Å²) in [5, 5.41) is 9.56. The maximum absolute atomic E-state index is 9.56. The van der Waals surface area contributed by atoms with E-state index in [0.29, 0.717) is 35.7 Å². The van der Waals surface area contributed by atoms with Crippen molar-refractivity contribution in [2.45, 2.75) is 39.4 Å². The summed E-state index contributed by atoms with van der Waals surface area (Å²) in [6, 6.07) is 2.26. The molecular formula is C15H19N3O2S. The molecule has 0 unspecified atom stereocenters. The first kappa shape index (κ1) is 15.7. The van der Waals surface area contributed by atoms with Gasteiger partial charge in [0.15, 0.2) is 12.2 Å². The van der Waals surface area contributed by atoms with Gasteiger partial charge in [-0.3, -0.25) is 0 Å². The molecule has 112 valence electrons. The van der Waals surface area contributed by atoms with Crippen LogP contribution in [-0.2, 0) is 29.5 Å². The maximum Gasteiger partial charge on any atom is 0.176 e. The smallest absolute Gasteiger partial charge is 0.176 e. The average molecular weight is 305 g/mol. The lowest BCUT2D eigenvalue weighted by atomic mass is 9.89. The third-order valence-electron chi connectivity index (χ3n) is 3.51. The van der Waals surface area contributed by atoms with Gasteiger partial charge in [-0.2, -0.15) is 5.26 Å². The van der Waals surface area contributed by atoms with Crippen molar-refractivity contribution in [2.24, 2.45) is 12.0 Å². The third kappa shape index (κ3) is 2.99. The van der Waals surface area contributed by atoms with E-state index in [2.05, 4.69) is 11.1 Å². The van der Waals surface area contributed by atoms with Crippen LogP contribution in [0.25, 0.3) is 0 Å². The van der Waals surface area contributed by atoms with Crippen LogP contribution in [-0.4, -0.2) is 23.2 Å². The number of nitrogens with zero attached hydrogens (tertiary/aromatic N) is 3. The number of ether oxygens (including phenoxy) is 2. The molecule has 1 aromatic heterocycles. The Hall–Kier alpha value is -1.71. The summed E-state index contributed by atoms with van der Waals surface area (Å²) in [5.41, 5.74) is 2.11. The first-order valence-corrected chi connectivity index (χ1v) is 7.25. The van der Waals surface area contributed by atoms with Gasteiger partial charge < -0.3 is 14.0 Å². The molecule has 21 heavy (non-hydrogen) atoms. The first-order valence-electron chi connectivity index (χ1n) is 6.84. The molecule has 1 aliphatic heterocycles. The van der Waals surface area contributed by atoms with Gasteiger partial charge >= 0.3 is 0 Å². The number of hydrogen-bond acceptors (Lipinski definition) is 5. The number of aliphatic imine (C=N–C) groups is 1. The van der Waals surface area contributed by atoms with E-state index in [-0.39, 0.29) is 5.60 Å². The van der Waals surface area contributed by atoms with Gasteiger partial charge in [0.25, 0.3) is 0 Å². The van der Waals surface area contributed by atoms with Crippen molar-refractivity contribution < 1.29 is 9.47 Å². The quantitative estimate of drug-likeness (QED) is 0.489. The van der Waals surface area contributed by atoms with Crippen molar-refractivity contribution >= 4 is 24.4 Å². The van der Waals surface area contributed by atoms with E-state index in [1.54, 1.807) is 4.57 Å². The van der Waals surface area contributed by atoms with Crippen LogP contribution in [0.4, 0.5) is 5.82 Å².